The number of sulfonamides is 1. The second-order valence-corrected chi connectivity index (χ2v) is 7.97. The number of halogens is 1. The molecule has 26 heavy (non-hydrogen) atoms. The smallest absolute Gasteiger partial charge is 0.255 e. The largest absolute Gasteiger partial charge is 0.496 e. The number of thioether (sulfide) groups is 1. The molecule has 6 nitrogen and oxygen atoms in total. The number of nitrogens with two attached hydrogens (primary N) is 1. The molecule has 0 heterocycles. The molecule has 0 unspecified atom stereocenters. The number of hydrogen-bond donors (Lipinski definition) is 2. The third-order valence-corrected chi connectivity index (χ3v) is 5.41. The first-order chi connectivity index (χ1) is 12.3. The van der Waals surface area contributed by atoms with Crippen LogP contribution in [0.25, 0.3) is 0 Å². The molecule has 0 aliphatic carbocycles. The third-order valence-electron chi connectivity index (χ3n) is 3.49. The van der Waals surface area contributed by atoms with Crippen molar-refractivity contribution in [3.8, 4) is 5.75 Å². The normalized spacial score (nSPS) is 11.2. The van der Waals surface area contributed by atoms with Crippen LogP contribution >= 0.6 is 11.8 Å². The molecule has 0 radical (unpaired) electrons. The van der Waals surface area contributed by atoms with E-state index in [1.54, 1.807) is 18.2 Å². The second-order valence-electron chi connectivity index (χ2n) is 5.31. The van der Waals surface area contributed by atoms with Gasteiger partial charge in [-0.1, -0.05) is 18.2 Å². The fourth-order valence-electron chi connectivity index (χ4n) is 2.17. The van der Waals surface area contributed by atoms with E-state index < -0.39 is 15.9 Å². The van der Waals surface area contributed by atoms with Crippen molar-refractivity contribution in [3.05, 3.63) is 59.4 Å². The summed E-state index contributed by atoms with van der Waals surface area (Å²) in [6.45, 7) is 0.334. The highest BCUT2D eigenvalue weighted by Crippen LogP contribution is 2.22. The number of carbonyl (C=O) groups excluding carboxylic acids is 1. The quantitative estimate of drug-likeness (QED) is 0.664. The Hall–Kier alpha value is -2.10. The second kappa shape index (κ2) is 9.02. The molecule has 0 bridgehead atoms. The van der Waals surface area contributed by atoms with E-state index >= 15 is 0 Å². The summed E-state index contributed by atoms with van der Waals surface area (Å²) >= 11 is 1.47. The van der Waals surface area contributed by atoms with Crippen LogP contribution in [0.5, 0.6) is 5.75 Å². The van der Waals surface area contributed by atoms with Gasteiger partial charge < -0.3 is 10.1 Å². The molecular weight excluding hydrogens is 379 g/mol. The number of benzene rings is 2. The molecule has 140 valence electrons. The lowest BCUT2D eigenvalue weighted by Gasteiger charge is -2.11. The van der Waals surface area contributed by atoms with Crippen LogP contribution in [-0.4, -0.2) is 33.7 Å². The third kappa shape index (κ3) is 5.45. The molecular formula is C17H19FN2O4S2. The minimum Gasteiger partial charge on any atom is -0.496 e. The first kappa shape index (κ1) is 20.2. The lowest BCUT2D eigenvalue weighted by molar-refractivity contribution is 0.0953. The Morgan fingerprint density at radius 2 is 2.00 bits per heavy atom. The van der Waals surface area contributed by atoms with Crippen molar-refractivity contribution in [1.29, 1.82) is 0 Å². The Balaban J connectivity index is 1.92. The average Bonchev–Trinajstić information content (AvgIpc) is 2.61. The molecule has 0 atom stereocenters. The molecule has 2 aromatic rings. The van der Waals surface area contributed by atoms with Gasteiger partial charge in [0.25, 0.3) is 5.91 Å². The van der Waals surface area contributed by atoms with Gasteiger partial charge in [0.2, 0.25) is 10.0 Å². The van der Waals surface area contributed by atoms with Crippen molar-refractivity contribution >= 4 is 27.7 Å². The molecule has 3 N–H and O–H groups in total. The zero-order valence-corrected chi connectivity index (χ0v) is 15.7. The fraction of sp³-hybridized carbons (Fsp3) is 0.235. The maximum absolute atomic E-state index is 13.5. The predicted molar refractivity (Wildman–Crippen MR) is 99.3 cm³/mol. The van der Waals surface area contributed by atoms with Gasteiger partial charge in [0.15, 0.2) is 0 Å². The summed E-state index contributed by atoms with van der Waals surface area (Å²) in [5.74, 6) is 0.575. The van der Waals surface area contributed by atoms with Crippen molar-refractivity contribution in [3.63, 3.8) is 0 Å². The van der Waals surface area contributed by atoms with Gasteiger partial charge >= 0.3 is 0 Å². The van der Waals surface area contributed by atoms with Gasteiger partial charge in [0, 0.05) is 18.1 Å². The summed E-state index contributed by atoms with van der Waals surface area (Å²) in [6.07, 6.45) is 0. The molecule has 0 aromatic heterocycles. The lowest BCUT2D eigenvalue weighted by Crippen LogP contribution is -2.26. The van der Waals surface area contributed by atoms with E-state index in [0.717, 1.165) is 0 Å². The van der Waals surface area contributed by atoms with Crippen molar-refractivity contribution in [2.24, 2.45) is 5.14 Å². The molecule has 0 fully saturated rings. The number of primary sulfonamides is 1. The monoisotopic (exact) mass is 398 g/mol. The Kier molecular flexibility index (Phi) is 7.01. The molecule has 2 rings (SSSR count). The molecule has 0 spiro atoms. The summed E-state index contributed by atoms with van der Waals surface area (Å²) in [5.41, 5.74) is 0.685. The lowest BCUT2D eigenvalue weighted by atomic mass is 10.2. The molecule has 0 saturated carbocycles. The molecule has 0 aliphatic rings. The predicted octanol–water partition coefficient (Wildman–Crippen LogP) is 2.14. The number of ether oxygens (including phenoxy) is 1. The van der Waals surface area contributed by atoms with Crippen LogP contribution in [0, 0.1) is 5.82 Å². The van der Waals surface area contributed by atoms with Gasteiger partial charge in [-0.3, -0.25) is 4.79 Å². The Bertz CT molecular complexity index is 888. The van der Waals surface area contributed by atoms with Crippen molar-refractivity contribution in [2.75, 3.05) is 19.4 Å². The summed E-state index contributed by atoms with van der Waals surface area (Å²) in [5, 5.41) is 7.77. The van der Waals surface area contributed by atoms with Crippen molar-refractivity contribution in [2.45, 2.75) is 10.6 Å². The summed E-state index contributed by atoms with van der Waals surface area (Å²) in [4.78, 5) is 12.1. The van der Waals surface area contributed by atoms with Crippen LogP contribution in [0.2, 0.25) is 0 Å². The Labute approximate surface area is 156 Å². The summed E-state index contributed by atoms with van der Waals surface area (Å²) in [6, 6.07) is 10.3. The number of carbonyl (C=O) groups is 1. The molecule has 9 heteroatoms. The van der Waals surface area contributed by atoms with Gasteiger partial charge in [-0.2, -0.15) is 11.8 Å². The van der Waals surface area contributed by atoms with E-state index in [0.29, 0.717) is 23.6 Å². The van der Waals surface area contributed by atoms with E-state index in [-0.39, 0.29) is 22.0 Å². The zero-order chi connectivity index (χ0) is 19.2. The number of methoxy groups -OCH3 is 1. The summed E-state index contributed by atoms with van der Waals surface area (Å²) in [7, 11) is -2.54. The van der Waals surface area contributed by atoms with Crippen LogP contribution in [0.15, 0.2) is 47.4 Å². The van der Waals surface area contributed by atoms with Gasteiger partial charge in [0.1, 0.15) is 11.6 Å². The average molecular weight is 398 g/mol. The Morgan fingerprint density at radius 3 is 2.65 bits per heavy atom. The highest BCUT2D eigenvalue weighted by Gasteiger charge is 2.17. The van der Waals surface area contributed by atoms with Gasteiger partial charge in [-0.15, -0.1) is 0 Å². The van der Waals surface area contributed by atoms with Crippen LogP contribution in [0.4, 0.5) is 4.39 Å². The van der Waals surface area contributed by atoms with E-state index in [2.05, 4.69) is 5.32 Å². The van der Waals surface area contributed by atoms with E-state index in [1.807, 2.05) is 0 Å². The van der Waals surface area contributed by atoms with Gasteiger partial charge in [-0.25, -0.2) is 17.9 Å². The summed E-state index contributed by atoms with van der Waals surface area (Å²) < 4.78 is 41.5. The van der Waals surface area contributed by atoms with Crippen LogP contribution < -0.4 is 15.2 Å². The number of hydrogen-bond acceptors (Lipinski definition) is 5. The van der Waals surface area contributed by atoms with Gasteiger partial charge in [0.05, 0.1) is 17.6 Å². The minimum absolute atomic E-state index is 0.0816. The number of amides is 1. The minimum atomic E-state index is -3.92. The molecule has 2 aromatic carbocycles. The Morgan fingerprint density at radius 1 is 1.27 bits per heavy atom. The molecule has 0 aliphatic heterocycles. The topological polar surface area (TPSA) is 98.5 Å². The van der Waals surface area contributed by atoms with Crippen molar-refractivity contribution < 1.29 is 22.3 Å². The van der Waals surface area contributed by atoms with Crippen LogP contribution in [0.1, 0.15) is 15.9 Å². The first-order valence-corrected chi connectivity index (χ1v) is 10.3. The number of rotatable bonds is 8. The van der Waals surface area contributed by atoms with Crippen molar-refractivity contribution in [1.82, 2.24) is 5.32 Å². The SMILES string of the molecule is COc1ccc(S(N)(=O)=O)cc1C(=O)NCCSCc1ccccc1F. The fourth-order valence-corrected chi connectivity index (χ4v) is 3.56. The molecule has 0 saturated heterocycles. The standard InChI is InChI=1S/C17H19FN2O4S2/c1-24-16-7-6-13(26(19,22)23)10-14(16)17(21)20-8-9-25-11-12-4-2-3-5-15(12)18/h2-7,10H,8-9,11H2,1H3,(H,20,21)(H2,19,22,23). The maximum Gasteiger partial charge on any atom is 0.255 e. The van der Waals surface area contributed by atoms with E-state index in [9.17, 15) is 17.6 Å². The van der Waals surface area contributed by atoms with Crippen LogP contribution in [-0.2, 0) is 15.8 Å². The van der Waals surface area contributed by atoms with E-state index in [1.165, 1.54) is 43.1 Å². The van der Waals surface area contributed by atoms with Gasteiger partial charge in [-0.05, 0) is 29.8 Å². The number of nitrogens with one attached hydrogen (secondary N) is 1. The maximum atomic E-state index is 13.5. The highest BCUT2D eigenvalue weighted by atomic mass is 32.2. The zero-order valence-electron chi connectivity index (χ0n) is 14.1. The first-order valence-electron chi connectivity index (χ1n) is 7.63. The molecule has 1 amide bonds. The van der Waals surface area contributed by atoms with E-state index in [4.69, 9.17) is 9.88 Å². The highest BCUT2D eigenvalue weighted by molar-refractivity contribution is 7.98. The van der Waals surface area contributed by atoms with Crippen LogP contribution in [0.3, 0.4) is 0 Å².